The number of hydrogen-bond acceptors (Lipinski definition) is 5. The van der Waals surface area contributed by atoms with E-state index in [1.807, 2.05) is 18.2 Å². The maximum absolute atomic E-state index is 11.2. The SMILES string of the molecule is Cl.NS(=O)(=O)c1ccc(CCNCc2ccc3c(c2)OCO3)cc1. The third-order valence-electron chi connectivity index (χ3n) is 3.61. The van der Waals surface area contributed by atoms with E-state index >= 15 is 0 Å². The van der Waals surface area contributed by atoms with Gasteiger partial charge in [-0.2, -0.15) is 0 Å². The Hall–Kier alpha value is -1.80. The van der Waals surface area contributed by atoms with Gasteiger partial charge in [0.2, 0.25) is 16.8 Å². The Labute approximate surface area is 147 Å². The minimum atomic E-state index is -3.62. The number of sulfonamides is 1. The van der Waals surface area contributed by atoms with Crippen molar-refractivity contribution in [2.24, 2.45) is 5.14 Å². The topological polar surface area (TPSA) is 90.7 Å². The second-order valence-corrected chi connectivity index (χ2v) is 6.86. The summed E-state index contributed by atoms with van der Waals surface area (Å²) in [6, 6.07) is 12.5. The van der Waals surface area contributed by atoms with Crippen LogP contribution in [-0.2, 0) is 23.0 Å². The fraction of sp³-hybridized carbons (Fsp3) is 0.250. The van der Waals surface area contributed by atoms with E-state index in [-0.39, 0.29) is 24.1 Å². The highest BCUT2D eigenvalue weighted by Gasteiger charge is 2.12. The molecule has 0 spiro atoms. The van der Waals surface area contributed by atoms with Gasteiger partial charge in [-0.15, -0.1) is 12.4 Å². The molecule has 1 heterocycles. The molecule has 0 bridgehead atoms. The van der Waals surface area contributed by atoms with E-state index in [1.54, 1.807) is 12.1 Å². The number of halogens is 1. The Kier molecular flexibility index (Phi) is 6.06. The van der Waals surface area contributed by atoms with Crippen LogP contribution in [0.5, 0.6) is 11.5 Å². The van der Waals surface area contributed by atoms with Crippen LogP contribution in [0, 0.1) is 0 Å². The molecule has 0 radical (unpaired) electrons. The van der Waals surface area contributed by atoms with Gasteiger partial charge in [0.1, 0.15) is 0 Å². The van der Waals surface area contributed by atoms with Gasteiger partial charge in [-0.05, 0) is 48.4 Å². The lowest BCUT2D eigenvalue weighted by Crippen LogP contribution is -2.17. The molecule has 3 N–H and O–H groups in total. The molecule has 3 rings (SSSR count). The van der Waals surface area contributed by atoms with E-state index in [2.05, 4.69) is 5.32 Å². The first-order chi connectivity index (χ1) is 11.0. The van der Waals surface area contributed by atoms with E-state index in [0.29, 0.717) is 0 Å². The average Bonchev–Trinajstić information content (AvgIpc) is 2.99. The van der Waals surface area contributed by atoms with Crippen LogP contribution in [0.25, 0.3) is 0 Å². The van der Waals surface area contributed by atoms with Crippen LogP contribution in [0.3, 0.4) is 0 Å². The molecule has 24 heavy (non-hydrogen) atoms. The molecule has 1 aliphatic heterocycles. The molecule has 0 aliphatic carbocycles. The van der Waals surface area contributed by atoms with Crippen molar-refractivity contribution in [3.63, 3.8) is 0 Å². The number of rotatable bonds is 6. The molecule has 8 heteroatoms. The predicted molar refractivity (Wildman–Crippen MR) is 93.0 cm³/mol. The highest BCUT2D eigenvalue weighted by molar-refractivity contribution is 7.89. The largest absolute Gasteiger partial charge is 0.454 e. The van der Waals surface area contributed by atoms with Gasteiger partial charge in [-0.3, -0.25) is 0 Å². The normalized spacial score (nSPS) is 12.7. The summed E-state index contributed by atoms with van der Waals surface area (Å²) >= 11 is 0. The highest BCUT2D eigenvalue weighted by Crippen LogP contribution is 2.32. The fourth-order valence-electron chi connectivity index (χ4n) is 2.36. The van der Waals surface area contributed by atoms with Gasteiger partial charge in [0.25, 0.3) is 0 Å². The maximum Gasteiger partial charge on any atom is 0.238 e. The lowest BCUT2D eigenvalue weighted by atomic mass is 10.1. The molecule has 0 saturated heterocycles. The first-order valence-electron chi connectivity index (χ1n) is 7.23. The van der Waals surface area contributed by atoms with Crippen molar-refractivity contribution in [1.29, 1.82) is 0 Å². The summed E-state index contributed by atoms with van der Waals surface area (Å²) in [6.07, 6.45) is 0.801. The zero-order valence-electron chi connectivity index (χ0n) is 12.9. The standard InChI is InChI=1S/C16H18N2O4S.ClH/c17-23(19,20)14-4-1-12(2-5-14)7-8-18-10-13-3-6-15-16(9-13)22-11-21-15;/h1-6,9,18H,7-8,10-11H2,(H2,17,19,20);1H. The predicted octanol–water partition coefficient (Wildman–Crippen LogP) is 1.82. The van der Waals surface area contributed by atoms with Gasteiger partial charge in [-0.25, -0.2) is 13.6 Å². The van der Waals surface area contributed by atoms with Crippen molar-refractivity contribution >= 4 is 22.4 Å². The molecule has 0 amide bonds. The van der Waals surface area contributed by atoms with Crippen molar-refractivity contribution in [2.75, 3.05) is 13.3 Å². The maximum atomic E-state index is 11.2. The van der Waals surface area contributed by atoms with Gasteiger partial charge < -0.3 is 14.8 Å². The molecule has 2 aromatic carbocycles. The zero-order chi connectivity index (χ0) is 16.3. The van der Waals surface area contributed by atoms with E-state index in [0.717, 1.165) is 42.1 Å². The second kappa shape index (κ2) is 7.85. The number of benzene rings is 2. The zero-order valence-corrected chi connectivity index (χ0v) is 14.5. The smallest absolute Gasteiger partial charge is 0.238 e. The van der Waals surface area contributed by atoms with Crippen molar-refractivity contribution in [2.45, 2.75) is 17.9 Å². The number of hydrogen-bond donors (Lipinski definition) is 2. The van der Waals surface area contributed by atoms with Gasteiger partial charge >= 0.3 is 0 Å². The Morgan fingerprint density at radius 2 is 1.67 bits per heavy atom. The van der Waals surface area contributed by atoms with Gasteiger partial charge in [-0.1, -0.05) is 18.2 Å². The number of primary sulfonamides is 1. The summed E-state index contributed by atoms with van der Waals surface area (Å²) in [6.45, 7) is 1.79. The molecular formula is C16H19ClN2O4S. The van der Waals surface area contributed by atoms with E-state index in [1.165, 1.54) is 12.1 Å². The number of nitrogens with one attached hydrogen (secondary N) is 1. The van der Waals surface area contributed by atoms with Gasteiger partial charge in [0, 0.05) is 6.54 Å². The van der Waals surface area contributed by atoms with E-state index in [9.17, 15) is 8.42 Å². The van der Waals surface area contributed by atoms with Crippen molar-refractivity contribution < 1.29 is 17.9 Å². The Morgan fingerprint density at radius 1 is 1.00 bits per heavy atom. The van der Waals surface area contributed by atoms with Crippen molar-refractivity contribution in [3.05, 3.63) is 53.6 Å². The number of fused-ring (bicyclic) bond motifs is 1. The summed E-state index contributed by atoms with van der Waals surface area (Å²) in [5.41, 5.74) is 2.18. The van der Waals surface area contributed by atoms with Crippen LogP contribution in [0.2, 0.25) is 0 Å². The molecule has 1 aliphatic rings. The summed E-state index contributed by atoms with van der Waals surface area (Å²) in [4.78, 5) is 0.134. The number of nitrogens with two attached hydrogens (primary N) is 1. The quantitative estimate of drug-likeness (QED) is 0.757. The monoisotopic (exact) mass is 370 g/mol. The van der Waals surface area contributed by atoms with E-state index < -0.39 is 10.0 Å². The average molecular weight is 371 g/mol. The summed E-state index contributed by atoms with van der Waals surface area (Å²) < 4.78 is 33.0. The molecule has 0 aromatic heterocycles. The van der Waals surface area contributed by atoms with E-state index in [4.69, 9.17) is 14.6 Å². The van der Waals surface area contributed by atoms with Crippen molar-refractivity contribution in [3.8, 4) is 11.5 Å². The van der Waals surface area contributed by atoms with Crippen LogP contribution in [0.1, 0.15) is 11.1 Å². The molecule has 0 unspecified atom stereocenters. The van der Waals surface area contributed by atoms with Crippen LogP contribution < -0.4 is 19.9 Å². The third kappa shape index (κ3) is 4.61. The van der Waals surface area contributed by atoms with Crippen molar-refractivity contribution in [1.82, 2.24) is 5.32 Å². The van der Waals surface area contributed by atoms with Gasteiger partial charge in [0.05, 0.1) is 4.90 Å². The van der Waals surface area contributed by atoms with Crippen LogP contribution in [0.4, 0.5) is 0 Å². The second-order valence-electron chi connectivity index (χ2n) is 5.30. The minimum Gasteiger partial charge on any atom is -0.454 e. The molecular weight excluding hydrogens is 352 g/mol. The fourth-order valence-corrected chi connectivity index (χ4v) is 2.88. The molecule has 0 fully saturated rings. The van der Waals surface area contributed by atoms with Crippen LogP contribution >= 0.6 is 12.4 Å². The summed E-state index contributed by atoms with van der Waals surface area (Å²) in [5.74, 6) is 1.56. The molecule has 0 atom stereocenters. The van der Waals surface area contributed by atoms with Crippen LogP contribution in [-0.4, -0.2) is 21.8 Å². The lowest BCUT2D eigenvalue weighted by molar-refractivity contribution is 0.174. The molecule has 0 saturated carbocycles. The molecule has 2 aromatic rings. The highest BCUT2D eigenvalue weighted by atomic mass is 35.5. The number of ether oxygens (including phenoxy) is 2. The summed E-state index contributed by atoms with van der Waals surface area (Å²) in [5, 5.41) is 8.42. The lowest BCUT2D eigenvalue weighted by Gasteiger charge is -2.07. The minimum absolute atomic E-state index is 0. The Balaban J connectivity index is 0.00000208. The first-order valence-corrected chi connectivity index (χ1v) is 8.78. The third-order valence-corrected chi connectivity index (χ3v) is 4.54. The molecule has 6 nitrogen and oxygen atoms in total. The van der Waals surface area contributed by atoms with Crippen LogP contribution in [0.15, 0.2) is 47.4 Å². The Bertz CT molecular complexity index is 794. The Morgan fingerprint density at radius 3 is 2.38 bits per heavy atom. The van der Waals surface area contributed by atoms with Gasteiger partial charge in [0.15, 0.2) is 11.5 Å². The summed E-state index contributed by atoms with van der Waals surface area (Å²) in [7, 11) is -3.62. The molecule has 130 valence electrons. The first kappa shape index (κ1) is 18.5.